The molecule has 0 aliphatic carbocycles. The molecule has 1 aliphatic rings. The summed E-state index contributed by atoms with van der Waals surface area (Å²) in [5.74, 6) is -1.22. The Hall–Kier alpha value is -2.88. The van der Waals surface area contributed by atoms with Crippen molar-refractivity contribution in [3.05, 3.63) is 28.6 Å². The highest BCUT2D eigenvalue weighted by molar-refractivity contribution is 6.01. The molecule has 7 nitrogen and oxygen atoms in total. The van der Waals surface area contributed by atoms with Crippen LogP contribution in [-0.2, 0) is 25.7 Å². The molecular formula is C20H25N3O4. The lowest BCUT2D eigenvalue weighted by Crippen LogP contribution is -2.35. The zero-order valence-corrected chi connectivity index (χ0v) is 16.2. The highest BCUT2D eigenvalue weighted by Gasteiger charge is 2.27. The van der Waals surface area contributed by atoms with E-state index in [1.165, 1.54) is 6.08 Å². The van der Waals surface area contributed by atoms with Gasteiger partial charge in [-0.2, -0.15) is 5.26 Å². The maximum atomic E-state index is 12.2. The third-order valence-electron chi connectivity index (χ3n) is 4.50. The van der Waals surface area contributed by atoms with Gasteiger partial charge in [-0.3, -0.25) is 14.5 Å². The van der Waals surface area contributed by atoms with Crippen LogP contribution in [0.25, 0.3) is 6.08 Å². The van der Waals surface area contributed by atoms with Crippen LogP contribution >= 0.6 is 0 Å². The predicted octanol–water partition coefficient (Wildman–Crippen LogP) is 2.36. The van der Waals surface area contributed by atoms with E-state index in [2.05, 4.69) is 18.4 Å². The van der Waals surface area contributed by atoms with Gasteiger partial charge in [-0.25, -0.2) is 4.79 Å². The average molecular weight is 371 g/mol. The van der Waals surface area contributed by atoms with E-state index >= 15 is 0 Å². The van der Waals surface area contributed by atoms with E-state index in [4.69, 9.17) is 4.74 Å². The average Bonchev–Trinajstić information content (AvgIpc) is 3.15. The summed E-state index contributed by atoms with van der Waals surface area (Å²) in [6.45, 7) is 8.79. The molecule has 2 rings (SSSR count). The number of likely N-dealkylation sites (tertiary alicyclic amines) is 1. The van der Waals surface area contributed by atoms with Gasteiger partial charge < -0.3 is 9.30 Å². The van der Waals surface area contributed by atoms with Crippen molar-refractivity contribution in [2.75, 3.05) is 13.2 Å². The molecule has 1 aliphatic heterocycles. The third-order valence-corrected chi connectivity index (χ3v) is 4.50. The van der Waals surface area contributed by atoms with Gasteiger partial charge in [0.05, 0.1) is 0 Å². The summed E-state index contributed by atoms with van der Waals surface area (Å²) in [7, 11) is 0. The van der Waals surface area contributed by atoms with Gasteiger partial charge in [-0.1, -0.05) is 13.8 Å². The molecule has 1 saturated heterocycles. The standard InChI is InChI=1S/C20H25N3O4/c1-13(2)11-23-14(3)8-16(15(23)4)9-17(10-21)20(26)27-12-19(25)22-7-5-6-18(22)24/h8-9,13H,5-7,11-12H2,1-4H3/b17-9+. The quantitative estimate of drug-likeness (QED) is 0.435. The lowest BCUT2D eigenvalue weighted by Gasteiger charge is -2.13. The van der Waals surface area contributed by atoms with E-state index in [0.717, 1.165) is 28.4 Å². The number of hydrogen-bond acceptors (Lipinski definition) is 5. The van der Waals surface area contributed by atoms with Gasteiger partial charge in [-0.15, -0.1) is 0 Å². The van der Waals surface area contributed by atoms with Crippen LogP contribution in [0.5, 0.6) is 0 Å². The van der Waals surface area contributed by atoms with Crippen molar-refractivity contribution in [1.29, 1.82) is 5.26 Å². The van der Waals surface area contributed by atoms with Crippen LogP contribution in [0.1, 0.15) is 43.6 Å². The Morgan fingerprint density at radius 3 is 2.63 bits per heavy atom. The Kier molecular flexibility index (Phi) is 6.56. The summed E-state index contributed by atoms with van der Waals surface area (Å²) in [4.78, 5) is 36.8. The topological polar surface area (TPSA) is 92.4 Å². The maximum Gasteiger partial charge on any atom is 0.349 e. The van der Waals surface area contributed by atoms with E-state index in [0.29, 0.717) is 25.3 Å². The minimum absolute atomic E-state index is 0.180. The van der Waals surface area contributed by atoms with Crippen LogP contribution in [-0.4, -0.2) is 40.4 Å². The fourth-order valence-corrected chi connectivity index (χ4v) is 3.11. The van der Waals surface area contributed by atoms with Crippen LogP contribution in [0.3, 0.4) is 0 Å². The van der Waals surface area contributed by atoms with Gasteiger partial charge in [-0.05, 0) is 43.9 Å². The Bertz CT molecular complexity index is 827. The van der Waals surface area contributed by atoms with Crippen LogP contribution < -0.4 is 0 Å². The number of aromatic nitrogens is 1. The maximum absolute atomic E-state index is 12.2. The van der Waals surface area contributed by atoms with Crippen molar-refractivity contribution in [2.24, 2.45) is 5.92 Å². The Morgan fingerprint density at radius 1 is 1.37 bits per heavy atom. The molecule has 0 radical (unpaired) electrons. The molecule has 0 bridgehead atoms. The van der Waals surface area contributed by atoms with Crippen molar-refractivity contribution in [1.82, 2.24) is 9.47 Å². The van der Waals surface area contributed by atoms with Crippen LogP contribution in [0.15, 0.2) is 11.6 Å². The molecule has 0 N–H and O–H groups in total. The van der Waals surface area contributed by atoms with E-state index in [-0.39, 0.29) is 11.5 Å². The molecule has 0 unspecified atom stereocenters. The van der Waals surface area contributed by atoms with E-state index in [1.54, 1.807) is 0 Å². The van der Waals surface area contributed by atoms with Crippen molar-refractivity contribution >= 4 is 23.9 Å². The normalized spacial score (nSPS) is 14.6. The second-order valence-corrected chi connectivity index (χ2v) is 7.12. The van der Waals surface area contributed by atoms with Crippen molar-refractivity contribution in [3.63, 3.8) is 0 Å². The number of imide groups is 1. The Balaban J connectivity index is 2.09. The SMILES string of the molecule is Cc1cc(/C=C(\C#N)C(=O)OCC(=O)N2CCCC2=O)c(C)n1CC(C)C. The fraction of sp³-hybridized carbons (Fsp3) is 0.500. The molecule has 0 spiro atoms. The van der Waals surface area contributed by atoms with Gasteiger partial charge in [0.15, 0.2) is 6.61 Å². The number of ether oxygens (including phenoxy) is 1. The highest BCUT2D eigenvalue weighted by Crippen LogP contribution is 2.20. The molecule has 1 aromatic heterocycles. The number of nitrogens with zero attached hydrogens (tertiary/aromatic N) is 3. The van der Waals surface area contributed by atoms with Gasteiger partial charge in [0, 0.05) is 30.9 Å². The second kappa shape index (κ2) is 8.67. The molecule has 1 aromatic rings. The van der Waals surface area contributed by atoms with E-state index in [9.17, 15) is 19.6 Å². The number of nitriles is 1. The number of rotatable bonds is 6. The number of amides is 2. The van der Waals surface area contributed by atoms with Crippen LogP contribution in [0.4, 0.5) is 0 Å². The zero-order chi connectivity index (χ0) is 20.1. The molecular weight excluding hydrogens is 346 g/mol. The molecule has 0 atom stereocenters. The first kappa shape index (κ1) is 20.4. The summed E-state index contributed by atoms with van der Waals surface area (Å²) in [6, 6.07) is 3.75. The zero-order valence-electron chi connectivity index (χ0n) is 16.2. The fourth-order valence-electron chi connectivity index (χ4n) is 3.11. The van der Waals surface area contributed by atoms with E-state index in [1.807, 2.05) is 26.0 Å². The van der Waals surface area contributed by atoms with Gasteiger partial charge in [0.1, 0.15) is 11.6 Å². The summed E-state index contributed by atoms with van der Waals surface area (Å²) >= 11 is 0. The summed E-state index contributed by atoms with van der Waals surface area (Å²) in [5, 5.41) is 9.31. The molecule has 144 valence electrons. The monoisotopic (exact) mass is 371 g/mol. The van der Waals surface area contributed by atoms with Crippen molar-refractivity contribution in [3.8, 4) is 6.07 Å². The molecule has 2 heterocycles. The third kappa shape index (κ3) is 4.85. The molecule has 1 fully saturated rings. The minimum atomic E-state index is -0.869. The number of aryl methyl sites for hydroxylation is 1. The largest absolute Gasteiger partial charge is 0.451 e. The first-order valence-electron chi connectivity index (χ1n) is 9.03. The molecule has 0 aromatic carbocycles. The molecule has 27 heavy (non-hydrogen) atoms. The smallest absolute Gasteiger partial charge is 0.349 e. The van der Waals surface area contributed by atoms with Crippen LogP contribution in [0.2, 0.25) is 0 Å². The van der Waals surface area contributed by atoms with Crippen molar-refractivity contribution in [2.45, 2.75) is 47.1 Å². The van der Waals surface area contributed by atoms with E-state index < -0.39 is 18.5 Å². The van der Waals surface area contributed by atoms with Crippen LogP contribution in [0, 0.1) is 31.1 Å². The number of carbonyl (C=O) groups is 3. The Morgan fingerprint density at radius 2 is 2.07 bits per heavy atom. The summed E-state index contributed by atoms with van der Waals surface area (Å²) < 4.78 is 7.09. The minimum Gasteiger partial charge on any atom is -0.451 e. The van der Waals surface area contributed by atoms with Crippen molar-refractivity contribution < 1.29 is 19.1 Å². The highest BCUT2D eigenvalue weighted by atomic mass is 16.5. The number of hydrogen-bond donors (Lipinski definition) is 0. The predicted molar refractivity (Wildman–Crippen MR) is 99.2 cm³/mol. The summed E-state index contributed by atoms with van der Waals surface area (Å²) in [5.41, 5.74) is 2.59. The molecule has 0 saturated carbocycles. The second-order valence-electron chi connectivity index (χ2n) is 7.12. The number of carbonyl (C=O) groups excluding carboxylic acids is 3. The van der Waals surface area contributed by atoms with Gasteiger partial charge in [0.25, 0.3) is 5.91 Å². The summed E-state index contributed by atoms with van der Waals surface area (Å²) in [6.07, 6.45) is 2.43. The van der Waals surface area contributed by atoms with Gasteiger partial charge >= 0.3 is 5.97 Å². The van der Waals surface area contributed by atoms with Gasteiger partial charge in [0.2, 0.25) is 5.91 Å². The molecule has 2 amide bonds. The first-order valence-corrected chi connectivity index (χ1v) is 9.03. The Labute approximate surface area is 159 Å². The first-order chi connectivity index (χ1) is 12.7. The molecule has 7 heteroatoms. The lowest BCUT2D eigenvalue weighted by atomic mass is 10.1. The number of esters is 1. The lowest BCUT2D eigenvalue weighted by molar-refractivity contribution is -0.152.